The number of hydrogen-bond donors (Lipinski definition) is 3. The number of aryl methyl sites for hydroxylation is 1. The molecule has 3 rings (SSSR count). The molecule has 2 heterocycles. The highest BCUT2D eigenvalue weighted by Crippen LogP contribution is 2.37. The number of hydrogen-bond acceptors (Lipinski definition) is 6. The molecule has 0 atom stereocenters. The first-order valence-electron chi connectivity index (χ1n) is 8.25. The predicted molar refractivity (Wildman–Crippen MR) is 88.4 cm³/mol. The van der Waals surface area contributed by atoms with Crippen LogP contribution in [0.15, 0.2) is 12.1 Å². The number of benzene rings is 1. The first-order chi connectivity index (χ1) is 12.3. The molecular formula is C16H18BNO8. The van der Waals surface area contributed by atoms with Gasteiger partial charge in [-0.15, -0.1) is 0 Å². The molecule has 1 aromatic rings. The van der Waals surface area contributed by atoms with E-state index in [1.165, 1.54) is 4.90 Å². The van der Waals surface area contributed by atoms with Gasteiger partial charge in [0.15, 0.2) is 0 Å². The second-order valence-electron chi connectivity index (χ2n) is 6.28. The van der Waals surface area contributed by atoms with Gasteiger partial charge in [0.1, 0.15) is 23.2 Å². The fourth-order valence-electron chi connectivity index (χ4n) is 2.98. The molecule has 0 aromatic heterocycles. The van der Waals surface area contributed by atoms with Crippen molar-refractivity contribution >= 4 is 25.0 Å². The molecule has 1 saturated heterocycles. The number of aliphatic carboxylic acids is 1. The third-order valence-corrected chi connectivity index (χ3v) is 4.38. The molecule has 2 aliphatic rings. The number of carbonyl (C=O) groups is 3. The van der Waals surface area contributed by atoms with E-state index in [1.807, 2.05) is 0 Å². The molecule has 1 aromatic carbocycles. The SMILES string of the molecule is O=C(O)CCC(=O)N1CC(Oc2ccc3c(c2C(=O)O)OB(O)CC3)C1. The molecule has 0 bridgehead atoms. The van der Waals surface area contributed by atoms with Crippen LogP contribution in [0.25, 0.3) is 0 Å². The molecule has 9 nitrogen and oxygen atoms in total. The Kier molecular flexibility index (Phi) is 5.03. The molecule has 0 radical (unpaired) electrons. The lowest BCUT2D eigenvalue weighted by Crippen LogP contribution is -2.56. The van der Waals surface area contributed by atoms with Crippen LogP contribution in [0.3, 0.4) is 0 Å². The van der Waals surface area contributed by atoms with Crippen LogP contribution < -0.4 is 9.39 Å². The van der Waals surface area contributed by atoms with Gasteiger partial charge in [-0.2, -0.15) is 0 Å². The van der Waals surface area contributed by atoms with Crippen molar-refractivity contribution in [2.45, 2.75) is 31.7 Å². The molecule has 3 N–H and O–H groups in total. The molecule has 0 spiro atoms. The van der Waals surface area contributed by atoms with Gasteiger partial charge in [0.05, 0.1) is 19.5 Å². The van der Waals surface area contributed by atoms with Crippen LogP contribution in [0.2, 0.25) is 6.32 Å². The lowest BCUT2D eigenvalue weighted by Gasteiger charge is -2.39. The van der Waals surface area contributed by atoms with Gasteiger partial charge in [0, 0.05) is 6.42 Å². The fourth-order valence-corrected chi connectivity index (χ4v) is 2.98. The predicted octanol–water partition coefficient (Wildman–Crippen LogP) is 0.255. The van der Waals surface area contributed by atoms with Crippen LogP contribution in [0.1, 0.15) is 28.8 Å². The summed E-state index contributed by atoms with van der Waals surface area (Å²) in [7, 11) is -1.05. The summed E-state index contributed by atoms with van der Waals surface area (Å²) in [5.74, 6) is -2.30. The van der Waals surface area contributed by atoms with Crippen molar-refractivity contribution in [3.8, 4) is 11.5 Å². The molecule has 10 heteroatoms. The van der Waals surface area contributed by atoms with Crippen LogP contribution in [-0.4, -0.2) is 64.3 Å². The van der Waals surface area contributed by atoms with Crippen LogP contribution in [-0.2, 0) is 16.0 Å². The summed E-state index contributed by atoms with van der Waals surface area (Å²) in [6.45, 7) is 0.524. The summed E-state index contributed by atoms with van der Waals surface area (Å²) in [5, 5.41) is 27.7. The van der Waals surface area contributed by atoms with E-state index < -0.39 is 19.1 Å². The summed E-state index contributed by atoms with van der Waals surface area (Å²) in [4.78, 5) is 35.4. The second-order valence-corrected chi connectivity index (χ2v) is 6.28. The average Bonchev–Trinajstić information content (AvgIpc) is 2.54. The molecule has 26 heavy (non-hydrogen) atoms. The number of likely N-dealkylation sites (tertiary alicyclic amines) is 1. The Bertz CT molecular complexity index is 746. The molecule has 0 unspecified atom stereocenters. The number of nitrogens with zero attached hydrogens (tertiary/aromatic N) is 1. The van der Waals surface area contributed by atoms with Gasteiger partial charge in [-0.25, -0.2) is 4.79 Å². The quantitative estimate of drug-likeness (QED) is 0.613. The van der Waals surface area contributed by atoms with E-state index in [2.05, 4.69) is 0 Å². The average molecular weight is 363 g/mol. The maximum atomic E-state index is 11.8. The lowest BCUT2D eigenvalue weighted by molar-refractivity contribution is -0.144. The van der Waals surface area contributed by atoms with E-state index in [0.717, 1.165) is 0 Å². The smallest absolute Gasteiger partial charge is 0.522 e. The van der Waals surface area contributed by atoms with Gasteiger partial charge >= 0.3 is 19.1 Å². The molecular weight excluding hydrogens is 345 g/mol. The minimum atomic E-state index is -1.22. The number of fused-ring (bicyclic) bond motifs is 1. The number of ether oxygens (including phenoxy) is 1. The number of aromatic carboxylic acids is 1. The zero-order valence-electron chi connectivity index (χ0n) is 13.9. The van der Waals surface area contributed by atoms with Gasteiger partial charge in [-0.1, -0.05) is 6.07 Å². The zero-order valence-corrected chi connectivity index (χ0v) is 13.9. The normalized spacial score (nSPS) is 16.3. The molecule has 1 amide bonds. The van der Waals surface area contributed by atoms with Gasteiger partial charge in [-0.3, -0.25) is 9.59 Å². The maximum absolute atomic E-state index is 11.8. The van der Waals surface area contributed by atoms with Gasteiger partial charge < -0.3 is 29.5 Å². The molecule has 0 aliphatic carbocycles. The van der Waals surface area contributed by atoms with Crippen LogP contribution in [0.4, 0.5) is 0 Å². The van der Waals surface area contributed by atoms with Crippen molar-refractivity contribution in [3.05, 3.63) is 23.3 Å². The Morgan fingerprint density at radius 2 is 1.96 bits per heavy atom. The number of carbonyl (C=O) groups excluding carboxylic acids is 1. The van der Waals surface area contributed by atoms with Crippen molar-refractivity contribution in [1.29, 1.82) is 0 Å². The van der Waals surface area contributed by atoms with E-state index in [0.29, 0.717) is 18.3 Å². The highest BCUT2D eigenvalue weighted by Gasteiger charge is 2.35. The minimum absolute atomic E-state index is 0.0764. The summed E-state index contributed by atoms with van der Waals surface area (Å²) in [5.41, 5.74) is 0.552. The van der Waals surface area contributed by atoms with Crippen LogP contribution in [0, 0.1) is 0 Å². The first-order valence-corrected chi connectivity index (χ1v) is 8.25. The van der Waals surface area contributed by atoms with Gasteiger partial charge in [0.25, 0.3) is 0 Å². The second kappa shape index (κ2) is 7.24. The highest BCUT2D eigenvalue weighted by molar-refractivity contribution is 6.44. The molecule has 0 saturated carbocycles. The Morgan fingerprint density at radius 3 is 2.62 bits per heavy atom. The highest BCUT2D eigenvalue weighted by atomic mass is 16.5. The van der Waals surface area contributed by atoms with Crippen molar-refractivity contribution < 1.29 is 39.0 Å². The van der Waals surface area contributed by atoms with Gasteiger partial charge in [-0.05, 0) is 24.4 Å². The maximum Gasteiger partial charge on any atom is 0.522 e. The Balaban J connectivity index is 1.66. The third-order valence-electron chi connectivity index (χ3n) is 4.38. The summed E-state index contributed by atoms with van der Waals surface area (Å²) < 4.78 is 11.0. The van der Waals surface area contributed by atoms with E-state index in [1.54, 1.807) is 12.1 Å². The summed E-state index contributed by atoms with van der Waals surface area (Å²) in [6.07, 6.45) is 0.212. The standard InChI is InChI=1S/C16H18BNO8/c19-12(3-4-13(20)21)18-7-10(8-18)25-11-2-1-9-5-6-17(24)26-15(9)14(11)16(22)23/h1-2,10,24H,3-8H2,(H,20,21)(H,22,23). The van der Waals surface area contributed by atoms with Crippen molar-refractivity contribution in [3.63, 3.8) is 0 Å². The van der Waals surface area contributed by atoms with E-state index >= 15 is 0 Å². The Hall–Kier alpha value is -2.75. The largest absolute Gasteiger partial charge is 0.535 e. The molecule has 2 aliphatic heterocycles. The molecule has 138 valence electrons. The number of carboxylic acids is 2. The first kappa shape index (κ1) is 18.1. The third kappa shape index (κ3) is 3.74. The monoisotopic (exact) mass is 363 g/mol. The van der Waals surface area contributed by atoms with Crippen LogP contribution >= 0.6 is 0 Å². The number of carboxylic acid groups (broad SMARTS) is 2. The van der Waals surface area contributed by atoms with Crippen LogP contribution in [0.5, 0.6) is 11.5 Å². The van der Waals surface area contributed by atoms with Gasteiger partial charge in [0.2, 0.25) is 5.91 Å². The number of amides is 1. The van der Waals surface area contributed by atoms with E-state index in [4.69, 9.17) is 14.5 Å². The topological polar surface area (TPSA) is 134 Å². The van der Waals surface area contributed by atoms with Crippen molar-refractivity contribution in [2.75, 3.05) is 13.1 Å². The zero-order chi connectivity index (χ0) is 18.8. The Labute approximate surface area is 149 Å². The van der Waals surface area contributed by atoms with E-state index in [9.17, 15) is 24.5 Å². The van der Waals surface area contributed by atoms with Crippen molar-refractivity contribution in [1.82, 2.24) is 4.90 Å². The molecule has 1 fully saturated rings. The lowest BCUT2D eigenvalue weighted by atomic mass is 9.78. The summed E-state index contributed by atoms with van der Waals surface area (Å²) in [6, 6.07) is 3.26. The number of rotatable bonds is 6. The minimum Gasteiger partial charge on any atom is -0.535 e. The summed E-state index contributed by atoms with van der Waals surface area (Å²) >= 11 is 0. The Morgan fingerprint density at radius 1 is 1.23 bits per heavy atom. The van der Waals surface area contributed by atoms with E-state index in [-0.39, 0.29) is 55.0 Å². The van der Waals surface area contributed by atoms with Crippen molar-refractivity contribution in [2.24, 2.45) is 0 Å². The fraction of sp³-hybridized carbons (Fsp3) is 0.438.